The summed E-state index contributed by atoms with van der Waals surface area (Å²) in [6.07, 6.45) is 0. The van der Waals surface area contributed by atoms with Gasteiger partial charge in [0.15, 0.2) is 0 Å². The van der Waals surface area contributed by atoms with E-state index in [1.54, 1.807) is 6.07 Å². The number of aryl methyl sites for hydroxylation is 2. The molecule has 2 N–H and O–H groups in total. The lowest BCUT2D eigenvalue weighted by atomic mass is 10.2. The summed E-state index contributed by atoms with van der Waals surface area (Å²) in [5, 5.41) is 11.0. The van der Waals surface area contributed by atoms with Crippen molar-refractivity contribution in [2.75, 3.05) is 5.32 Å². The van der Waals surface area contributed by atoms with Crippen molar-refractivity contribution in [3.8, 4) is 0 Å². The molecule has 1 aromatic carbocycles. The van der Waals surface area contributed by atoms with Crippen LogP contribution in [0.2, 0.25) is 5.02 Å². The van der Waals surface area contributed by atoms with Gasteiger partial charge in [0.25, 0.3) is 5.91 Å². The molecule has 5 nitrogen and oxygen atoms in total. The van der Waals surface area contributed by atoms with Crippen molar-refractivity contribution < 1.29 is 4.79 Å². The van der Waals surface area contributed by atoms with Gasteiger partial charge in [0.1, 0.15) is 5.69 Å². The maximum absolute atomic E-state index is 12.3. The van der Waals surface area contributed by atoms with Gasteiger partial charge in [0.05, 0.1) is 27.6 Å². The van der Waals surface area contributed by atoms with Crippen LogP contribution in [0.25, 0.3) is 10.9 Å². The van der Waals surface area contributed by atoms with Gasteiger partial charge in [0, 0.05) is 5.39 Å². The van der Waals surface area contributed by atoms with Crippen molar-refractivity contribution in [3.63, 3.8) is 0 Å². The molecular formula is C15H13ClN4O. The van der Waals surface area contributed by atoms with Crippen LogP contribution in [0.4, 0.5) is 5.69 Å². The molecule has 2 aromatic heterocycles. The second-order valence-corrected chi connectivity index (χ2v) is 5.18. The fraction of sp³-hybridized carbons (Fsp3) is 0.133. The van der Waals surface area contributed by atoms with E-state index in [0.29, 0.717) is 16.2 Å². The van der Waals surface area contributed by atoms with Crippen molar-refractivity contribution in [2.24, 2.45) is 0 Å². The zero-order valence-corrected chi connectivity index (χ0v) is 12.3. The molecule has 3 aromatic rings. The Hall–Kier alpha value is -2.40. The number of para-hydroxylation sites is 1. The summed E-state index contributed by atoms with van der Waals surface area (Å²) in [6.45, 7) is 3.66. The number of H-pyrrole nitrogens is 1. The van der Waals surface area contributed by atoms with Crippen LogP contribution in [-0.4, -0.2) is 21.1 Å². The van der Waals surface area contributed by atoms with Crippen molar-refractivity contribution in [2.45, 2.75) is 13.8 Å². The number of carbonyl (C=O) groups is 1. The molecule has 0 saturated carbocycles. The molecule has 6 heteroatoms. The van der Waals surface area contributed by atoms with Gasteiger partial charge in [-0.15, -0.1) is 0 Å². The average molecular weight is 301 g/mol. The predicted molar refractivity (Wildman–Crippen MR) is 82.8 cm³/mol. The Bertz CT molecular complexity index is 821. The van der Waals surface area contributed by atoms with E-state index in [0.717, 1.165) is 16.8 Å². The number of hydrogen-bond donors (Lipinski definition) is 2. The molecule has 0 fully saturated rings. The van der Waals surface area contributed by atoms with E-state index in [9.17, 15) is 4.79 Å². The second kappa shape index (κ2) is 5.18. The van der Waals surface area contributed by atoms with Crippen LogP contribution in [0, 0.1) is 13.8 Å². The zero-order chi connectivity index (χ0) is 15.0. The first-order chi connectivity index (χ1) is 10.1. The van der Waals surface area contributed by atoms with Crippen LogP contribution >= 0.6 is 11.6 Å². The number of anilines is 1. The summed E-state index contributed by atoms with van der Waals surface area (Å²) >= 11 is 6.21. The molecular weight excluding hydrogens is 288 g/mol. The molecule has 0 saturated heterocycles. The van der Waals surface area contributed by atoms with Gasteiger partial charge in [-0.3, -0.25) is 9.89 Å². The number of aromatic amines is 1. The third-order valence-corrected chi connectivity index (χ3v) is 3.58. The Morgan fingerprint density at radius 1 is 1.29 bits per heavy atom. The van der Waals surface area contributed by atoms with Gasteiger partial charge in [-0.1, -0.05) is 29.8 Å². The molecule has 0 spiro atoms. The number of rotatable bonds is 2. The summed E-state index contributed by atoms with van der Waals surface area (Å²) in [5.41, 5.74) is 3.17. The number of benzene rings is 1. The number of hydrogen-bond acceptors (Lipinski definition) is 3. The van der Waals surface area contributed by atoms with E-state index in [2.05, 4.69) is 20.5 Å². The Labute approximate surface area is 126 Å². The van der Waals surface area contributed by atoms with E-state index in [-0.39, 0.29) is 11.6 Å². The van der Waals surface area contributed by atoms with Gasteiger partial charge in [-0.2, -0.15) is 5.10 Å². The second-order valence-electron chi connectivity index (χ2n) is 4.77. The van der Waals surface area contributed by atoms with Crippen molar-refractivity contribution in [3.05, 3.63) is 52.4 Å². The number of nitrogens with zero attached hydrogens (tertiary/aromatic N) is 2. The molecule has 2 heterocycles. The number of nitrogens with one attached hydrogen (secondary N) is 2. The molecule has 106 valence electrons. The van der Waals surface area contributed by atoms with Crippen LogP contribution in [0.1, 0.15) is 21.9 Å². The molecule has 0 radical (unpaired) electrons. The third-order valence-electron chi connectivity index (χ3n) is 3.26. The summed E-state index contributed by atoms with van der Waals surface area (Å²) in [5.74, 6) is -0.310. The highest BCUT2D eigenvalue weighted by atomic mass is 35.5. The smallest absolute Gasteiger partial charge is 0.274 e. The highest BCUT2D eigenvalue weighted by molar-refractivity contribution is 6.35. The Morgan fingerprint density at radius 3 is 2.76 bits per heavy atom. The first-order valence-corrected chi connectivity index (χ1v) is 6.82. The van der Waals surface area contributed by atoms with E-state index in [1.807, 2.05) is 38.1 Å². The lowest BCUT2D eigenvalue weighted by molar-refractivity contribution is 0.102. The number of amides is 1. The van der Waals surface area contributed by atoms with Gasteiger partial charge in [0.2, 0.25) is 0 Å². The van der Waals surface area contributed by atoms with E-state index in [4.69, 9.17) is 11.6 Å². The van der Waals surface area contributed by atoms with E-state index < -0.39 is 0 Å². The lowest BCUT2D eigenvalue weighted by Crippen LogP contribution is -2.14. The van der Waals surface area contributed by atoms with Gasteiger partial charge in [-0.05, 0) is 26.0 Å². The molecule has 21 heavy (non-hydrogen) atoms. The quantitative estimate of drug-likeness (QED) is 0.761. The Morgan fingerprint density at radius 2 is 2.05 bits per heavy atom. The van der Waals surface area contributed by atoms with Crippen molar-refractivity contribution in [1.82, 2.24) is 15.2 Å². The topological polar surface area (TPSA) is 70.7 Å². The zero-order valence-electron chi connectivity index (χ0n) is 11.6. The monoisotopic (exact) mass is 300 g/mol. The SMILES string of the molecule is Cc1n[nH]c(C)c1NC(=O)c1cc(Cl)c2ccccc2n1. The van der Waals surface area contributed by atoms with E-state index >= 15 is 0 Å². The lowest BCUT2D eigenvalue weighted by Gasteiger charge is -2.07. The molecule has 0 aliphatic rings. The molecule has 0 aliphatic carbocycles. The fourth-order valence-electron chi connectivity index (χ4n) is 2.16. The average Bonchev–Trinajstić information content (AvgIpc) is 2.79. The number of halogens is 1. The summed E-state index contributed by atoms with van der Waals surface area (Å²) in [7, 11) is 0. The molecule has 1 amide bonds. The third kappa shape index (κ3) is 2.48. The number of aromatic nitrogens is 3. The minimum absolute atomic E-state index is 0.277. The van der Waals surface area contributed by atoms with Crippen LogP contribution in [0.5, 0.6) is 0 Å². The minimum Gasteiger partial charge on any atom is -0.317 e. The predicted octanol–water partition coefficient (Wildman–Crippen LogP) is 3.48. The van der Waals surface area contributed by atoms with Gasteiger partial charge in [-0.25, -0.2) is 4.98 Å². The highest BCUT2D eigenvalue weighted by Gasteiger charge is 2.15. The maximum atomic E-state index is 12.3. The van der Waals surface area contributed by atoms with Crippen LogP contribution in [0.15, 0.2) is 30.3 Å². The summed E-state index contributed by atoms with van der Waals surface area (Å²) in [6, 6.07) is 9.01. The largest absolute Gasteiger partial charge is 0.317 e. The number of fused-ring (bicyclic) bond motifs is 1. The van der Waals surface area contributed by atoms with Crippen LogP contribution in [0.3, 0.4) is 0 Å². The normalized spacial score (nSPS) is 10.8. The number of carbonyl (C=O) groups excluding carboxylic acids is 1. The molecule has 0 unspecified atom stereocenters. The first-order valence-electron chi connectivity index (χ1n) is 6.44. The molecule has 3 rings (SSSR count). The first kappa shape index (κ1) is 13.6. The standard InChI is InChI=1S/C15H13ClN4O/c1-8-14(9(2)20-19-8)18-15(21)13-7-11(16)10-5-3-4-6-12(10)17-13/h3-7H,1-2H3,(H,18,21)(H,19,20). The number of pyridine rings is 1. The minimum atomic E-state index is -0.310. The van der Waals surface area contributed by atoms with Gasteiger partial charge >= 0.3 is 0 Å². The maximum Gasteiger partial charge on any atom is 0.274 e. The van der Waals surface area contributed by atoms with E-state index in [1.165, 1.54) is 0 Å². The van der Waals surface area contributed by atoms with Crippen molar-refractivity contribution in [1.29, 1.82) is 0 Å². The molecule has 0 bridgehead atoms. The van der Waals surface area contributed by atoms with Crippen LogP contribution in [-0.2, 0) is 0 Å². The molecule has 0 atom stereocenters. The fourth-order valence-corrected chi connectivity index (χ4v) is 2.43. The summed E-state index contributed by atoms with van der Waals surface area (Å²) < 4.78 is 0. The molecule has 0 aliphatic heterocycles. The van der Waals surface area contributed by atoms with Gasteiger partial charge < -0.3 is 5.32 Å². The Kier molecular flexibility index (Phi) is 3.35. The highest BCUT2D eigenvalue weighted by Crippen LogP contribution is 2.24. The Balaban J connectivity index is 1.99. The van der Waals surface area contributed by atoms with Crippen LogP contribution < -0.4 is 5.32 Å². The van der Waals surface area contributed by atoms with Crippen molar-refractivity contribution >= 4 is 34.1 Å². The summed E-state index contributed by atoms with van der Waals surface area (Å²) in [4.78, 5) is 16.7.